The number of amides is 4. The van der Waals surface area contributed by atoms with Crippen molar-refractivity contribution >= 4 is 180 Å². The van der Waals surface area contributed by atoms with E-state index < -0.39 is 0 Å². The van der Waals surface area contributed by atoms with Gasteiger partial charge in [-0.1, -0.05) is 41.0 Å². The number of aromatic nitrogens is 28. The molecule has 704 valence electrons. The Kier molecular flexibility index (Phi) is 24.8. The molecule has 0 atom stereocenters. The molecule has 40 heteroatoms. The Bertz CT molecular complexity index is 8850. The van der Waals surface area contributed by atoms with Crippen molar-refractivity contribution in [1.29, 1.82) is 0 Å². The number of nitrogens with zero attached hydrogens (tertiary/aromatic N) is 20. The minimum absolute atomic E-state index is 0.0114. The normalized spacial score (nSPS) is 12.0. The maximum atomic E-state index is 12.4. The van der Waals surface area contributed by atoms with Crippen LogP contribution in [0.15, 0.2) is 240 Å². The van der Waals surface area contributed by atoms with Crippen LogP contribution in [0.2, 0.25) is 0 Å². The zero-order chi connectivity index (χ0) is 97.2. The van der Waals surface area contributed by atoms with Gasteiger partial charge in [-0.15, -0.1) is 0 Å². The Labute approximate surface area is 827 Å². The quantitative estimate of drug-likeness (QED) is 0.0283. The summed E-state index contributed by atoms with van der Waals surface area (Å²) in [6, 6.07) is 23.9. The van der Waals surface area contributed by atoms with Crippen LogP contribution in [0.1, 0.15) is 86.0 Å². The van der Waals surface area contributed by atoms with E-state index in [1.807, 2.05) is 123 Å². The van der Waals surface area contributed by atoms with Crippen LogP contribution < -0.4 is 21.3 Å². The van der Waals surface area contributed by atoms with Gasteiger partial charge in [0.05, 0.1) is 116 Å². The van der Waals surface area contributed by atoms with Crippen molar-refractivity contribution in [2.75, 3.05) is 21.3 Å². The van der Waals surface area contributed by atoms with Gasteiger partial charge in [-0.2, -0.15) is 65.7 Å². The second kappa shape index (κ2) is 39.3. The van der Waals surface area contributed by atoms with E-state index in [0.717, 1.165) is 210 Å². The standard InChI is InChI=1S/C27H24N8OS.C26H22N8OS.C25H18N8OS.C25H20N8OS/c1-27(2,3)8-22(36)31-18-6-16(9-28-11-18)17-7-19-24(34-35-25(19)30-10-17)26-32-21-13-29-12-20(23(21)33-26)15-4-5-37-14-15;1-2-3-4-22(35)30-18-7-16(9-27-11-18)17-8-19-24(33-34-25(19)29-10-17)26-31-21-13-28-12-20(23(21)32-26)15-5-6-36-14-15;34-25(13-1-2-13)29-17-5-15(7-26-9-17)16-6-18-22(32-33-23(18)28-8-16)24-30-20-11-27-10-19(21(20)31-24)14-3-4-35-12-14;1-2-3-21(34)29-17-6-15(8-26-10-17)16-7-18-23(32-33-24(18)28-9-16)25-30-20-12-27-11-19(22(20)31-25)14-4-5-35-13-14/h4-7,9-14H,8H2,1-3H3,(H,31,36)(H,32,33)(H,30,34,35);5-14H,2-4H2,1H3,(H,30,35)(H,31,32)(H,29,33,34);3-13H,1-2H2,(H,29,34)(H,30,31)(H,28,32,33);4-13H,2-3H2,1H3,(H,29,34)(H,30,31)(H,28,32,33). The Balaban J connectivity index is 0.000000109. The fraction of sp³-hybridized carbons (Fsp3) is 0.146. The van der Waals surface area contributed by atoms with E-state index in [4.69, 9.17) is 19.9 Å². The van der Waals surface area contributed by atoms with Gasteiger partial charge >= 0.3 is 0 Å². The predicted molar refractivity (Wildman–Crippen MR) is 559 cm³/mol. The van der Waals surface area contributed by atoms with Crippen LogP contribution in [-0.4, -0.2) is 164 Å². The van der Waals surface area contributed by atoms with Crippen molar-refractivity contribution in [3.63, 3.8) is 0 Å². The van der Waals surface area contributed by atoms with Crippen molar-refractivity contribution in [3.8, 4) is 135 Å². The molecule has 24 aromatic heterocycles. The molecular formula is C103H84N32O4S4. The number of unbranched alkanes of at least 4 members (excludes halogenated alkanes) is 1. The average Bonchev–Trinajstić information content (AvgIpc) is 1.62. The molecule has 0 unspecified atom stereocenters. The molecule has 25 rings (SSSR count). The van der Waals surface area contributed by atoms with Crippen LogP contribution in [0.4, 0.5) is 22.7 Å². The number of H-pyrrole nitrogens is 8. The van der Waals surface area contributed by atoms with E-state index in [-0.39, 0.29) is 35.0 Å². The molecule has 0 spiro atoms. The minimum atomic E-state index is -0.0983. The number of hydrogen-bond donors (Lipinski definition) is 12. The van der Waals surface area contributed by atoms with Crippen molar-refractivity contribution in [2.24, 2.45) is 11.3 Å². The predicted octanol–water partition coefficient (Wildman–Crippen LogP) is 22.3. The van der Waals surface area contributed by atoms with Crippen LogP contribution in [-0.2, 0) is 19.2 Å². The number of rotatable bonds is 23. The van der Waals surface area contributed by atoms with Crippen LogP contribution in [0.25, 0.3) is 223 Å². The molecule has 1 aliphatic carbocycles. The number of anilines is 4. The lowest BCUT2D eigenvalue weighted by Crippen LogP contribution is -2.19. The highest BCUT2D eigenvalue weighted by molar-refractivity contribution is 7.09. The molecule has 0 radical (unpaired) electrons. The first-order valence-electron chi connectivity index (χ1n) is 45.8. The van der Waals surface area contributed by atoms with E-state index in [9.17, 15) is 19.2 Å². The molecule has 24 heterocycles. The third-order valence-corrected chi connectivity index (χ3v) is 26.5. The van der Waals surface area contributed by atoms with Crippen molar-refractivity contribution in [2.45, 2.75) is 86.0 Å². The van der Waals surface area contributed by atoms with Gasteiger partial charge in [0.15, 0.2) is 45.9 Å². The summed E-state index contributed by atoms with van der Waals surface area (Å²) in [6.45, 7) is 10.1. The SMILES string of the molecule is CC(C)(C)CC(=O)Nc1cncc(-c2cnc3n[nH]c(-c4nc5c(-c6ccsc6)cncc5[nH]4)c3c2)c1.CCCC(=O)Nc1cncc(-c2cnc3n[nH]c(-c4nc5c(-c6ccsc6)cncc5[nH]4)c3c2)c1.CCCCC(=O)Nc1cncc(-c2cnc3n[nH]c(-c4nc5c(-c6ccsc6)cncc5[nH]4)c3c2)c1.O=C(Nc1cncc(-c2cnc3n[nH]c(-c4nc5c(-c6ccsc6)cncc5[nH]4)c3c2)c1)C1CC1. The van der Waals surface area contributed by atoms with E-state index >= 15 is 0 Å². The third kappa shape index (κ3) is 19.4. The molecule has 36 nitrogen and oxygen atoms in total. The maximum Gasteiger partial charge on any atom is 0.227 e. The molecule has 0 aromatic carbocycles. The Morgan fingerprint density at radius 1 is 0.329 bits per heavy atom. The molecule has 0 bridgehead atoms. The molecule has 0 aliphatic heterocycles. The molecule has 24 aromatic rings. The van der Waals surface area contributed by atoms with Crippen LogP contribution in [0.3, 0.4) is 0 Å². The van der Waals surface area contributed by atoms with E-state index in [2.05, 4.69) is 195 Å². The fourth-order valence-electron chi connectivity index (χ4n) is 16.6. The van der Waals surface area contributed by atoms with Crippen molar-refractivity contribution in [1.82, 2.24) is 140 Å². The van der Waals surface area contributed by atoms with Crippen molar-refractivity contribution in [3.05, 3.63) is 240 Å². The molecular weight excluding hydrogens is 1880 g/mol. The second-order valence-corrected chi connectivity index (χ2v) is 38.5. The summed E-state index contributed by atoms with van der Waals surface area (Å²) in [4.78, 5) is 135. The van der Waals surface area contributed by atoms with Crippen LogP contribution >= 0.6 is 45.3 Å². The molecule has 1 fully saturated rings. The number of nitrogens with one attached hydrogen (secondary N) is 12. The highest BCUT2D eigenvalue weighted by Crippen LogP contribution is 2.41. The van der Waals surface area contributed by atoms with Gasteiger partial charge in [0.25, 0.3) is 0 Å². The van der Waals surface area contributed by atoms with Gasteiger partial charge in [0, 0.05) is 166 Å². The molecule has 4 amide bonds. The molecule has 1 saturated carbocycles. The summed E-state index contributed by atoms with van der Waals surface area (Å²) in [7, 11) is 0. The topological polar surface area (TPSA) is 501 Å². The van der Waals surface area contributed by atoms with E-state index in [0.29, 0.717) is 87.9 Å². The van der Waals surface area contributed by atoms with Gasteiger partial charge in [-0.25, -0.2) is 39.9 Å². The lowest BCUT2D eigenvalue weighted by atomic mass is 9.92. The minimum Gasteiger partial charge on any atom is -0.335 e. The first-order chi connectivity index (χ1) is 69.9. The Morgan fingerprint density at radius 2 is 0.615 bits per heavy atom. The lowest BCUT2D eigenvalue weighted by molar-refractivity contribution is -0.118. The summed E-state index contributed by atoms with van der Waals surface area (Å²) in [5.74, 6) is 2.73. The zero-order valence-electron chi connectivity index (χ0n) is 77.0. The summed E-state index contributed by atoms with van der Waals surface area (Å²) in [5, 5.41) is 61.4. The first kappa shape index (κ1) is 90.4. The first-order valence-corrected chi connectivity index (χ1v) is 49.6. The van der Waals surface area contributed by atoms with Gasteiger partial charge in [0.2, 0.25) is 23.6 Å². The van der Waals surface area contributed by atoms with E-state index in [1.165, 1.54) is 0 Å². The Hall–Kier alpha value is -17.8. The molecule has 12 N–H and O–H groups in total. The summed E-state index contributed by atoms with van der Waals surface area (Å²) >= 11 is 6.55. The number of imidazole rings is 4. The number of hydrogen-bond acceptors (Lipinski definition) is 28. The number of carbonyl (C=O) groups excluding carboxylic acids is 4. The van der Waals surface area contributed by atoms with Gasteiger partial charge in [-0.3, -0.25) is 79.4 Å². The molecule has 1 aliphatic rings. The number of fused-ring (bicyclic) bond motifs is 8. The van der Waals surface area contributed by atoms with Crippen LogP contribution in [0.5, 0.6) is 0 Å². The highest BCUT2D eigenvalue weighted by Gasteiger charge is 2.31. The monoisotopic (exact) mass is 1960 g/mol. The maximum absolute atomic E-state index is 12.4. The summed E-state index contributed by atoms with van der Waals surface area (Å²) < 4.78 is 0. The highest BCUT2D eigenvalue weighted by atomic mass is 32.1. The molecule has 143 heavy (non-hydrogen) atoms. The van der Waals surface area contributed by atoms with Gasteiger partial charge < -0.3 is 41.2 Å². The smallest absolute Gasteiger partial charge is 0.227 e. The summed E-state index contributed by atoms with van der Waals surface area (Å²) in [5.41, 5.74) is 29.7. The van der Waals surface area contributed by atoms with Crippen LogP contribution in [0, 0.1) is 11.3 Å². The zero-order valence-corrected chi connectivity index (χ0v) is 80.3. The summed E-state index contributed by atoms with van der Waals surface area (Å²) in [6.07, 6.45) is 41.0. The largest absolute Gasteiger partial charge is 0.335 e. The number of aromatic amines is 8. The van der Waals surface area contributed by atoms with E-state index in [1.54, 1.807) is 144 Å². The number of carbonyl (C=O) groups is 4. The molecule has 0 saturated heterocycles. The number of thiophene rings is 4. The van der Waals surface area contributed by atoms with Gasteiger partial charge in [-0.05, 0) is 169 Å². The number of pyridine rings is 12. The van der Waals surface area contributed by atoms with Gasteiger partial charge in [0.1, 0.15) is 44.8 Å². The third-order valence-electron chi connectivity index (χ3n) is 23.8. The second-order valence-electron chi connectivity index (χ2n) is 35.3. The fourth-order valence-corrected chi connectivity index (χ4v) is 19.2. The van der Waals surface area contributed by atoms with Crippen molar-refractivity contribution < 1.29 is 19.2 Å². The lowest BCUT2D eigenvalue weighted by Gasteiger charge is -2.17. The Morgan fingerprint density at radius 3 is 0.895 bits per heavy atom. The average molecular weight is 1960 g/mol.